The molecule has 0 atom stereocenters. The SMILES string of the molecule is CN(CCc1cccc(N)c1)CCN1c2ccc(F)cc2COc2ccccc21. The van der Waals surface area contributed by atoms with E-state index in [9.17, 15) is 4.39 Å². The Kier molecular flexibility index (Phi) is 5.67. The van der Waals surface area contributed by atoms with Crippen LogP contribution in [-0.4, -0.2) is 31.6 Å². The van der Waals surface area contributed by atoms with Gasteiger partial charge in [-0.05, 0) is 61.5 Å². The first-order chi connectivity index (χ1) is 14.1. The smallest absolute Gasteiger partial charge is 0.143 e. The minimum Gasteiger partial charge on any atom is -0.487 e. The second-order valence-corrected chi connectivity index (χ2v) is 7.48. The molecule has 150 valence electrons. The van der Waals surface area contributed by atoms with E-state index in [0.29, 0.717) is 6.61 Å². The molecular weight excluding hydrogens is 365 g/mol. The third-order valence-corrected chi connectivity index (χ3v) is 5.31. The van der Waals surface area contributed by atoms with Gasteiger partial charge in [0.05, 0.1) is 5.69 Å². The Hall–Kier alpha value is -3.05. The number of fused-ring (bicyclic) bond motifs is 2. The largest absolute Gasteiger partial charge is 0.487 e. The molecule has 0 spiro atoms. The molecular formula is C24H26FN3O. The van der Waals surface area contributed by atoms with E-state index in [1.54, 1.807) is 6.07 Å². The summed E-state index contributed by atoms with van der Waals surface area (Å²) in [5.41, 5.74) is 10.8. The number of para-hydroxylation sites is 2. The van der Waals surface area contributed by atoms with Crippen molar-refractivity contribution in [2.75, 3.05) is 37.3 Å². The molecule has 0 amide bonds. The van der Waals surface area contributed by atoms with E-state index in [-0.39, 0.29) is 5.82 Å². The molecule has 0 saturated carbocycles. The summed E-state index contributed by atoms with van der Waals surface area (Å²) in [4.78, 5) is 4.54. The van der Waals surface area contributed by atoms with Crippen LogP contribution in [0.3, 0.4) is 0 Å². The van der Waals surface area contributed by atoms with Gasteiger partial charge >= 0.3 is 0 Å². The molecule has 0 bridgehead atoms. The van der Waals surface area contributed by atoms with Crippen molar-refractivity contribution in [3.63, 3.8) is 0 Å². The highest BCUT2D eigenvalue weighted by Gasteiger charge is 2.22. The number of hydrogen-bond acceptors (Lipinski definition) is 4. The predicted octanol–water partition coefficient (Wildman–Crippen LogP) is 4.61. The number of likely N-dealkylation sites (N-methyl/N-ethyl adjacent to an activating group) is 1. The number of rotatable bonds is 6. The molecule has 2 N–H and O–H groups in total. The maximum Gasteiger partial charge on any atom is 0.143 e. The minimum absolute atomic E-state index is 0.238. The van der Waals surface area contributed by atoms with Gasteiger partial charge < -0.3 is 20.3 Å². The first kappa shape index (κ1) is 19.3. The first-order valence-electron chi connectivity index (χ1n) is 9.91. The van der Waals surface area contributed by atoms with Gasteiger partial charge in [0, 0.05) is 36.6 Å². The van der Waals surface area contributed by atoms with Gasteiger partial charge in [-0.3, -0.25) is 0 Å². The van der Waals surface area contributed by atoms with Crippen LogP contribution in [0.25, 0.3) is 0 Å². The van der Waals surface area contributed by atoms with Crippen molar-refractivity contribution in [2.45, 2.75) is 13.0 Å². The van der Waals surface area contributed by atoms with Gasteiger partial charge in [-0.15, -0.1) is 0 Å². The van der Waals surface area contributed by atoms with Gasteiger partial charge in [-0.25, -0.2) is 4.39 Å². The van der Waals surface area contributed by atoms with E-state index in [2.05, 4.69) is 29.0 Å². The monoisotopic (exact) mass is 391 g/mol. The topological polar surface area (TPSA) is 41.7 Å². The fourth-order valence-electron chi connectivity index (χ4n) is 3.71. The van der Waals surface area contributed by atoms with E-state index >= 15 is 0 Å². The average molecular weight is 391 g/mol. The predicted molar refractivity (Wildman–Crippen MR) is 116 cm³/mol. The summed E-state index contributed by atoms with van der Waals surface area (Å²) in [5.74, 6) is 0.587. The molecule has 0 fully saturated rings. The van der Waals surface area contributed by atoms with Crippen LogP contribution in [0.5, 0.6) is 5.75 Å². The quantitative estimate of drug-likeness (QED) is 0.623. The van der Waals surface area contributed by atoms with E-state index < -0.39 is 0 Å². The summed E-state index contributed by atoms with van der Waals surface area (Å²) in [6.45, 7) is 2.96. The zero-order valence-electron chi connectivity index (χ0n) is 16.6. The molecule has 4 nitrogen and oxygen atoms in total. The highest BCUT2D eigenvalue weighted by Crippen LogP contribution is 2.39. The Morgan fingerprint density at radius 2 is 1.86 bits per heavy atom. The lowest BCUT2D eigenvalue weighted by molar-refractivity contribution is 0.310. The molecule has 0 unspecified atom stereocenters. The van der Waals surface area contributed by atoms with Crippen molar-refractivity contribution in [3.8, 4) is 5.75 Å². The molecule has 0 radical (unpaired) electrons. The highest BCUT2D eigenvalue weighted by atomic mass is 19.1. The first-order valence-corrected chi connectivity index (χ1v) is 9.91. The number of nitrogens with two attached hydrogens (primary N) is 1. The zero-order chi connectivity index (χ0) is 20.2. The number of ether oxygens (including phenoxy) is 1. The van der Waals surface area contributed by atoms with Gasteiger partial charge in [0.1, 0.15) is 18.2 Å². The second kappa shape index (κ2) is 8.53. The Bertz CT molecular complexity index is 991. The van der Waals surface area contributed by atoms with Crippen molar-refractivity contribution in [1.29, 1.82) is 0 Å². The molecule has 1 aliphatic heterocycles. The van der Waals surface area contributed by atoms with Crippen LogP contribution in [0.1, 0.15) is 11.1 Å². The third kappa shape index (κ3) is 4.51. The van der Waals surface area contributed by atoms with Gasteiger partial charge in [0.15, 0.2) is 0 Å². The van der Waals surface area contributed by atoms with Gasteiger partial charge in [0.2, 0.25) is 0 Å². The number of halogens is 1. The van der Waals surface area contributed by atoms with Crippen LogP contribution in [0.2, 0.25) is 0 Å². The standard InChI is InChI=1S/C24H26FN3O/c1-27(12-11-18-5-4-6-21(26)15-18)13-14-28-22-10-9-20(25)16-19(22)17-29-24-8-3-2-7-23(24)28/h2-10,15-16H,11-14,17,26H2,1H3. The summed E-state index contributed by atoms with van der Waals surface area (Å²) in [5, 5.41) is 0. The highest BCUT2D eigenvalue weighted by molar-refractivity contribution is 5.72. The van der Waals surface area contributed by atoms with Crippen LogP contribution < -0.4 is 15.4 Å². The van der Waals surface area contributed by atoms with E-state index in [4.69, 9.17) is 10.5 Å². The van der Waals surface area contributed by atoms with Crippen molar-refractivity contribution in [1.82, 2.24) is 4.90 Å². The molecule has 3 aromatic rings. The molecule has 1 aliphatic rings. The maximum atomic E-state index is 13.8. The molecule has 29 heavy (non-hydrogen) atoms. The lowest BCUT2D eigenvalue weighted by Crippen LogP contribution is -2.32. The fourth-order valence-corrected chi connectivity index (χ4v) is 3.71. The van der Waals surface area contributed by atoms with Crippen LogP contribution >= 0.6 is 0 Å². The second-order valence-electron chi connectivity index (χ2n) is 7.48. The van der Waals surface area contributed by atoms with E-state index in [1.807, 2.05) is 42.5 Å². The summed E-state index contributed by atoms with van der Waals surface area (Å²) in [7, 11) is 2.12. The number of nitrogens with zero attached hydrogens (tertiary/aromatic N) is 2. The molecule has 4 rings (SSSR count). The van der Waals surface area contributed by atoms with Crippen molar-refractivity contribution in [3.05, 3.63) is 83.7 Å². The lowest BCUT2D eigenvalue weighted by atomic mass is 10.1. The van der Waals surface area contributed by atoms with Crippen molar-refractivity contribution < 1.29 is 9.13 Å². The maximum absolute atomic E-state index is 13.8. The zero-order valence-corrected chi connectivity index (χ0v) is 16.6. The molecule has 1 heterocycles. The van der Waals surface area contributed by atoms with E-state index in [0.717, 1.165) is 54.4 Å². The normalized spacial score (nSPS) is 12.9. The Labute approximate surface area is 171 Å². The molecule has 0 aliphatic carbocycles. The number of benzene rings is 3. The van der Waals surface area contributed by atoms with E-state index in [1.165, 1.54) is 11.6 Å². The summed E-state index contributed by atoms with van der Waals surface area (Å²) in [6.07, 6.45) is 0.947. The minimum atomic E-state index is -0.238. The number of anilines is 3. The van der Waals surface area contributed by atoms with Gasteiger partial charge in [-0.2, -0.15) is 0 Å². The van der Waals surface area contributed by atoms with Crippen LogP contribution in [0, 0.1) is 5.82 Å². The third-order valence-electron chi connectivity index (χ3n) is 5.31. The van der Waals surface area contributed by atoms with Crippen molar-refractivity contribution >= 4 is 17.1 Å². The average Bonchev–Trinajstić information content (AvgIpc) is 2.87. The number of hydrogen-bond donors (Lipinski definition) is 1. The van der Waals surface area contributed by atoms with Crippen LogP contribution in [0.4, 0.5) is 21.5 Å². The molecule has 3 aromatic carbocycles. The Balaban J connectivity index is 1.48. The van der Waals surface area contributed by atoms with Gasteiger partial charge in [0.25, 0.3) is 0 Å². The van der Waals surface area contributed by atoms with Crippen molar-refractivity contribution in [2.24, 2.45) is 0 Å². The fraction of sp³-hybridized carbons (Fsp3) is 0.250. The summed E-state index contributed by atoms with van der Waals surface area (Å²) < 4.78 is 19.7. The summed E-state index contributed by atoms with van der Waals surface area (Å²) in [6, 6.07) is 21.0. The Morgan fingerprint density at radius 3 is 2.72 bits per heavy atom. The Morgan fingerprint density at radius 1 is 1.00 bits per heavy atom. The molecule has 5 heteroatoms. The molecule has 0 aromatic heterocycles. The molecule has 0 saturated heterocycles. The van der Waals surface area contributed by atoms with Crippen LogP contribution in [0.15, 0.2) is 66.7 Å². The van der Waals surface area contributed by atoms with Gasteiger partial charge in [-0.1, -0.05) is 24.3 Å². The number of nitrogen functional groups attached to an aromatic ring is 1. The van der Waals surface area contributed by atoms with Crippen LogP contribution in [-0.2, 0) is 13.0 Å². The summed E-state index contributed by atoms with van der Waals surface area (Å²) >= 11 is 0. The lowest BCUT2D eigenvalue weighted by Gasteiger charge is -2.28.